The summed E-state index contributed by atoms with van der Waals surface area (Å²) in [5, 5.41) is 0. The Hall–Kier alpha value is -2.75. The highest BCUT2D eigenvalue weighted by molar-refractivity contribution is 6.34. The summed E-state index contributed by atoms with van der Waals surface area (Å²) in [5.74, 6) is -0.585. The fourth-order valence-electron chi connectivity index (χ4n) is 2.59. The largest absolute Gasteiger partial charge is 0.294 e. The molecule has 110 valence electrons. The van der Waals surface area contributed by atoms with E-state index < -0.39 is 0 Å². The Kier molecular flexibility index (Phi) is 3.59. The number of ketones is 1. The third-order valence-electron chi connectivity index (χ3n) is 3.72. The average Bonchev–Trinajstić information content (AvgIpc) is 2.80. The number of carbonyl (C=O) groups excluding carboxylic acids is 3. The third-order valence-corrected chi connectivity index (χ3v) is 3.72. The summed E-state index contributed by atoms with van der Waals surface area (Å²) in [4.78, 5) is 37.7. The molecule has 1 aliphatic heterocycles. The van der Waals surface area contributed by atoms with Gasteiger partial charge in [-0.25, -0.2) is 4.90 Å². The van der Waals surface area contributed by atoms with Crippen LogP contribution < -0.4 is 4.90 Å². The number of nitrogens with zero attached hydrogens (tertiary/aromatic N) is 1. The fraction of sp³-hybridized carbons (Fsp3) is 0.167. The van der Waals surface area contributed by atoms with E-state index in [9.17, 15) is 14.4 Å². The van der Waals surface area contributed by atoms with E-state index in [2.05, 4.69) is 0 Å². The number of imide groups is 1. The normalized spacial score (nSPS) is 13.4. The molecule has 22 heavy (non-hydrogen) atoms. The topological polar surface area (TPSA) is 54.5 Å². The predicted octanol–water partition coefficient (Wildman–Crippen LogP) is 3.47. The lowest BCUT2D eigenvalue weighted by molar-refractivity contribution is 0.0924. The van der Waals surface area contributed by atoms with Crippen LogP contribution in [-0.2, 0) is 0 Å². The van der Waals surface area contributed by atoms with Crippen molar-refractivity contribution in [3.63, 3.8) is 0 Å². The van der Waals surface area contributed by atoms with Crippen molar-refractivity contribution >= 4 is 23.3 Å². The number of rotatable bonds is 4. The minimum absolute atomic E-state index is 0.0661. The Bertz CT molecular complexity index is 727. The summed E-state index contributed by atoms with van der Waals surface area (Å²) < 4.78 is 0. The SMILES string of the molecule is CCCC(=O)c1ccc(N2C(=O)c3ccccc3C2=O)cc1. The molecule has 3 rings (SSSR count). The minimum atomic E-state index is -0.326. The number of Topliss-reactive ketones (excluding diaryl/α,β-unsaturated/α-hetero) is 1. The van der Waals surface area contributed by atoms with Crippen molar-refractivity contribution in [1.82, 2.24) is 0 Å². The molecule has 2 aromatic carbocycles. The van der Waals surface area contributed by atoms with Gasteiger partial charge in [-0.05, 0) is 42.8 Å². The minimum Gasteiger partial charge on any atom is -0.294 e. The van der Waals surface area contributed by atoms with Gasteiger partial charge in [0.2, 0.25) is 0 Å². The molecule has 0 unspecified atom stereocenters. The van der Waals surface area contributed by atoms with Gasteiger partial charge in [0.15, 0.2) is 5.78 Å². The van der Waals surface area contributed by atoms with E-state index in [0.29, 0.717) is 28.8 Å². The molecule has 4 heteroatoms. The van der Waals surface area contributed by atoms with E-state index in [1.807, 2.05) is 6.92 Å². The van der Waals surface area contributed by atoms with Crippen LogP contribution in [0, 0.1) is 0 Å². The van der Waals surface area contributed by atoms with Gasteiger partial charge in [-0.3, -0.25) is 14.4 Å². The first-order chi connectivity index (χ1) is 10.6. The summed E-state index contributed by atoms with van der Waals surface area (Å²) in [5.41, 5.74) is 1.92. The number of benzene rings is 2. The van der Waals surface area contributed by atoms with Gasteiger partial charge in [0.1, 0.15) is 0 Å². The zero-order valence-electron chi connectivity index (χ0n) is 12.2. The number of hydrogen-bond acceptors (Lipinski definition) is 3. The van der Waals surface area contributed by atoms with Gasteiger partial charge >= 0.3 is 0 Å². The summed E-state index contributed by atoms with van der Waals surface area (Å²) in [6, 6.07) is 13.4. The maximum atomic E-state index is 12.4. The Morgan fingerprint density at radius 1 is 0.909 bits per heavy atom. The van der Waals surface area contributed by atoms with Crippen molar-refractivity contribution < 1.29 is 14.4 Å². The molecule has 2 amide bonds. The van der Waals surface area contributed by atoms with Crippen molar-refractivity contribution in [2.45, 2.75) is 19.8 Å². The van der Waals surface area contributed by atoms with Crippen LogP contribution in [0.3, 0.4) is 0 Å². The molecule has 0 saturated carbocycles. The molecule has 0 N–H and O–H groups in total. The number of carbonyl (C=O) groups is 3. The van der Waals surface area contributed by atoms with Crippen molar-refractivity contribution in [1.29, 1.82) is 0 Å². The Balaban J connectivity index is 1.92. The summed E-state index contributed by atoms with van der Waals surface area (Å²) in [6.07, 6.45) is 1.28. The smallest absolute Gasteiger partial charge is 0.266 e. The van der Waals surface area contributed by atoms with Crippen LogP contribution in [0.2, 0.25) is 0 Å². The first-order valence-electron chi connectivity index (χ1n) is 7.24. The predicted molar refractivity (Wildman–Crippen MR) is 83.3 cm³/mol. The zero-order valence-corrected chi connectivity index (χ0v) is 12.2. The highest BCUT2D eigenvalue weighted by Crippen LogP contribution is 2.28. The van der Waals surface area contributed by atoms with Crippen molar-refractivity contribution in [2.75, 3.05) is 4.90 Å². The number of hydrogen-bond donors (Lipinski definition) is 0. The maximum Gasteiger partial charge on any atom is 0.266 e. The number of amides is 2. The van der Waals surface area contributed by atoms with Crippen molar-refractivity contribution in [3.05, 3.63) is 65.2 Å². The summed E-state index contributed by atoms with van der Waals surface area (Å²) in [6.45, 7) is 1.95. The molecule has 0 fully saturated rings. The molecule has 2 aromatic rings. The zero-order chi connectivity index (χ0) is 15.7. The Morgan fingerprint density at radius 2 is 1.45 bits per heavy atom. The fourth-order valence-corrected chi connectivity index (χ4v) is 2.59. The van der Waals surface area contributed by atoms with E-state index >= 15 is 0 Å². The van der Waals surface area contributed by atoms with E-state index in [0.717, 1.165) is 11.3 Å². The second kappa shape index (κ2) is 5.56. The monoisotopic (exact) mass is 293 g/mol. The van der Waals surface area contributed by atoms with Crippen LogP contribution in [-0.4, -0.2) is 17.6 Å². The molecule has 0 radical (unpaired) electrons. The van der Waals surface area contributed by atoms with Gasteiger partial charge in [0, 0.05) is 12.0 Å². The average molecular weight is 293 g/mol. The number of fused-ring (bicyclic) bond motifs is 1. The summed E-state index contributed by atoms with van der Waals surface area (Å²) >= 11 is 0. The molecule has 0 bridgehead atoms. The Morgan fingerprint density at radius 3 is 1.95 bits per heavy atom. The highest BCUT2D eigenvalue weighted by atomic mass is 16.2. The van der Waals surface area contributed by atoms with Gasteiger partial charge in [-0.1, -0.05) is 19.1 Å². The van der Waals surface area contributed by atoms with Gasteiger partial charge in [0.25, 0.3) is 11.8 Å². The van der Waals surface area contributed by atoms with Crippen LogP contribution in [0.5, 0.6) is 0 Å². The van der Waals surface area contributed by atoms with E-state index in [4.69, 9.17) is 0 Å². The standard InChI is InChI=1S/C18H15NO3/c1-2-5-16(20)12-8-10-13(11-9-12)19-17(21)14-6-3-4-7-15(14)18(19)22/h3-4,6-11H,2,5H2,1H3. The summed E-state index contributed by atoms with van der Waals surface area (Å²) in [7, 11) is 0. The van der Waals surface area contributed by atoms with Crippen LogP contribution in [0.15, 0.2) is 48.5 Å². The number of anilines is 1. The molecule has 4 nitrogen and oxygen atoms in total. The lowest BCUT2D eigenvalue weighted by Gasteiger charge is -2.14. The van der Waals surface area contributed by atoms with Crippen LogP contribution in [0.25, 0.3) is 0 Å². The molecular weight excluding hydrogens is 278 g/mol. The third kappa shape index (κ3) is 2.22. The maximum absolute atomic E-state index is 12.4. The molecule has 0 atom stereocenters. The molecule has 0 saturated heterocycles. The van der Waals surface area contributed by atoms with E-state index in [-0.39, 0.29) is 17.6 Å². The molecule has 0 spiro atoms. The lowest BCUT2D eigenvalue weighted by atomic mass is 10.1. The second-order valence-electron chi connectivity index (χ2n) is 5.21. The first-order valence-corrected chi connectivity index (χ1v) is 7.24. The Labute approximate surface area is 128 Å². The van der Waals surface area contributed by atoms with Crippen molar-refractivity contribution in [3.8, 4) is 0 Å². The van der Waals surface area contributed by atoms with E-state index in [1.165, 1.54) is 0 Å². The van der Waals surface area contributed by atoms with Gasteiger partial charge in [0.05, 0.1) is 16.8 Å². The van der Waals surface area contributed by atoms with Crippen LogP contribution in [0.1, 0.15) is 50.8 Å². The highest BCUT2D eigenvalue weighted by Gasteiger charge is 2.36. The van der Waals surface area contributed by atoms with Gasteiger partial charge in [-0.2, -0.15) is 0 Å². The van der Waals surface area contributed by atoms with E-state index in [1.54, 1.807) is 48.5 Å². The van der Waals surface area contributed by atoms with Crippen LogP contribution in [0.4, 0.5) is 5.69 Å². The molecule has 0 aliphatic carbocycles. The molecular formula is C18H15NO3. The van der Waals surface area contributed by atoms with Crippen LogP contribution >= 0.6 is 0 Å². The van der Waals surface area contributed by atoms with Gasteiger partial charge in [-0.15, -0.1) is 0 Å². The molecule has 0 aromatic heterocycles. The lowest BCUT2D eigenvalue weighted by Crippen LogP contribution is -2.29. The molecule has 1 aliphatic rings. The quantitative estimate of drug-likeness (QED) is 0.640. The second-order valence-corrected chi connectivity index (χ2v) is 5.21. The molecule has 1 heterocycles. The first kappa shape index (κ1) is 14.2. The van der Waals surface area contributed by atoms with Crippen molar-refractivity contribution in [2.24, 2.45) is 0 Å². The van der Waals surface area contributed by atoms with Gasteiger partial charge < -0.3 is 0 Å².